The Morgan fingerprint density at radius 1 is 0.579 bits per heavy atom. The van der Waals surface area contributed by atoms with Crippen LogP contribution in [0.25, 0.3) is 0 Å². The van der Waals surface area contributed by atoms with Gasteiger partial charge in [-0.2, -0.15) is 4.31 Å². The lowest BCUT2D eigenvalue weighted by Crippen LogP contribution is -2.20. The maximum atomic E-state index is 12.4. The molecule has 2 aliphatic rings. The third kappa shape index (κ3) is 5.94. The van der Waals surface area contributed by atoms with Gasteiger partial charge in [0.15, 0.2) is 0 Å². The van der Waals surface area contributed by atoms with E-state index in [1.54, 1.807) is 58.7 Å². The van der Waals surface area contributed by atoms with Gasteiger partial charge in [0, 0.05) is 5.41 Å². The second-order valence-electron chi connectivity index (χ2n) is 9.22. The molecule has 0 bridgehead atoms. The van der Waals surface area contributed by atoms with E-state index in [0.717, 1.165) is 0 Å². The van der Waals surface area contributed by atoms with Crippen molar-refractivity contribution in [2.45, 2.75) is 31.1 Å². The largest absolute Gasteiger partial charge is 0.596 e. The summed E-state index contributed by atoms with van der Waals surface area (Å²) in [5.74, 6) is 0.176. The van der Waals surface area contributed by atoms with Gasteiger partial charge in [0.2, 0.25) is 0 Å². The molecule has 0 radical (unpaired) electrons. The molecule has 38 heavy (non-hydrogen) atoms. The first-order valence-corrected chi connectivity index (χ1v) is 15.3. The van der Waals surface area contributed by atoms with Crippen molar-refractivity contribution in [2.24, 2.45) is 0 Å². The lowest BCUT2D eigenvalue weighted by atomic mass is 9.77. The summed E-state index contributed by atoms with van der Waals surface area (Å²) < 4.78 is 37.6. The van der Waals surface area contributed by atoms with Crippen molar-refractivity contribution < 1.29 is 32.3 Å². The van der Waals surface area contributed by atoms with E-state index in [-0.39, 0.29) is 11.5 Å². The molecular formula is C29H28O7P2. The molecule has 2 N–H and O–H groups in total. The third-order valence-corrected chi connectivity index (χ3v) is 9.36. The molecule has 0 atom stereocenters. The zero-order chi connectivity index (χ0) is 26.6. The second kappa shape index (κ2) is 10.9. The van der Waals surface area contributed by atoms with E-state index in [2.05, 4.69) is 52.8 Å². The fourth-order valence-corrected chi connectivity index (χ4v) is 7.42. The summed E-state index contributed by atoms with van der Waals surface area (Å²) in [6.45, 7) is 0. The Morgan fingerprint density at radius 2 is 0.974 bits per heavy atom. The molecule has 1 spiro atoms. The van der Waals surface area contributed by atoms with Gasteiger partial charge < -0.3 is 18.8 Å². The minimum atomic E-state index is -5.07. The Balaban J connectivity index is 0.000000157. The third-order valence-electron chi connectivity index (χ3n) is 6.84. The fraction of sp³-hybridized carbons (Fsp3) is 0.172. The topological polar surface area (TPSA) is 102 Å². The van der Waals surface area contributed by atoms with Crippen LogP contribution in [0.2, 0.25) is 0 Å². The van der Waals surface area contributed by atoms with Crippen LogP contribution < -0.4 is 9.05 Å². The molecule has 7 nitrogen and oxygen atoms in total. The van der Waals surface area contributed by atoms with E-state index in [4.69, 9.17) is 18.8 Å². The number of para-hydroxylation sites is 2. The zero-order valence-electron chi connectivity index (χ0n) is 20.6. The minimum absolute atomic E-state index is 0.0882. The van der Waals surface area contributed by atoms with Crippen LogP contribution in [0, 0.1) is 0 Å². The van der Waals surface area contributed by atoms with Gasteiger partial charge in [-0.1, -0.05) is 84.9 Å². The number of benzene rings is 4. The molecule has 0 amide bonds. The van der Waals surface area contributed by atoms with Gasteiger partial charge >= 0.3 is 15.6 Å². The van der Waals surface area contributed by atoms with Crippen LogP contribution in [-0.2, 0) is 31.7 Å². The van der Waals surface area contributed by atoms with Gasteiger partial charge in [-0.05, 0) is 72.2 Å². The van der Waals surface area contributed by atoms with Crippen molar-refractivity contribution >= 4 is 15.6 Å². The van der Waals surface area contributed by atoms with Gasteiger partial charge in [-0.15, -0.1) is 0 Å². The lowest BCUT2D eigenvalue weighted by Gasteiger charge is -2.26. The van der Waals surface area contributed by atoms with Crippen molar-refractivity contribution in [1.82, 2.24) is 0 Å². The molecule has 2 aliphatic carbocycles. The Morgan fingerprint density at radius 3 is 1.39 bits per heavy atom. The van der Waals surface area contributed by atoms with Crippen molar-refractivity contribution in [3.05, 3.63) is 131 Å². The molecule has 0 aromatic heterocycles. The van der Waals surface area contributed by atoms with Crippen LogP contribution in [0.5, 0.6) is 11.5 Å². The molecule has 9 heteroatoms. The van der Waals surface area contributed by atoms with E-state index >= 15 is 0 Å². The molecule has 196 valence electrons. The van der Waals surface area contributed by atoms with Gasteiger partial charge in [-0.25, -0.2) is 9.13 Å². The Hall–Kier alpha value is -3.18. The molecule has 0 saturated heterocycles. The zero-order valence-corrected chi connectivity index (χ0v) is 22.3. The number of phosphoric acid groups is 2. The van der Waals surface area contributed by atoms with Crippen molar-refractivity contribution in [2.75, 3.05) is 0 Å². The summed E-state index contributed by atoms with van der Waals surface area (Å²) in [5.41, 5.74) is 6.70. The Labute approximate surface area is 221 Å². The molecule has 0 saturated carbocycles. The van der Waals surface area contributed by atoms with E-state index in [1.165, 1.54) is 49.9 Å². The predicted octanol–water partition coefficient (Wildman–Crippen LogP) is 7.23. The van der Waals surface area contributed by atoms with E-state index in [0.29, 0.717) is 5.41 Å². The summed E-state index contributed by atoms with van der Waals surface area (Å²) in [5, 5.41) is 0. The number of hydrogen-bond acceptors (Lipinski definition) is 5. The molecule has 6 rings (SSSR count). The van der Waals surface area contributed by atoms with Crippen LogP contribution in [0.1, 0.15) is 35.1 Å². The standard InChI is InChI=1S/C17H16.C12H12O7P2/c1-3-7-15-13(5-1)9-11-17(15)12-10-14-6-2-4-8-16(14)17;13-20(14,15)19-21(16,17-11-7-3-1-4-8-11)18-12-9-5-2-6-10-12/h1-8H,9-12H2;1-10H,(H2,13,14,15). The van der Waals surface area contributed by atoms with Gasteiger partial charge in [0.1, 0.15) is 11.5 Å². The van der Waals surface area contributed by atoms with Crippen LogP contribution >= 0.6 is 15.6 Å². The minimum Gasteiger partial charge on any atom is -0.395 e. The molecule has 0 heterocycles. The summed E-state index contributed by atoms with van der Waals surface area (Å²) in [7, 11) is -9.62. The van der Waals surface area contributed by atoms with Gasteiger partial charge in [-0.3, -0.25) is 0 Å². The van der Waals surface area contributed by atoms with E-state index in [9.17, 15) is 9.13 Å². The number of fused-ring (bicyclic) bond motifs is 4. The quantitative estimate of drug-likeness (QED) is 0.244. The summed E-state index contributed by atoms with van der Waals surface area (Å²) >= 11 is 0. The number of rotatable bonds is 6. The lowest BCUT2D eigenvalue weighted by molar-refractivity contribution is 0.233. The number of hydrogen-bond donors (Lipinski definition) is 2. The monoisotopic (exact) mass is 550 g/mol. The highest BCUT2D eigenvalue weighted by Crippen LogP contribution is 2.60. The molecule has 0 aliphatic heterocycles. The predicted molar refractivity (Wildman–Crippen MR) is 145 cm³/mol. The number of phosphoric ester groups is 1. The van der Waals surface area contributed by atoms with Crippen LogP contribution in [0.15, 0.2) is 109 Å². The maximum Gasteiger partial charge on any atom is 0.596 e. The first-order valence-electron chi connectivity index (χ1n) is 12.3. The van der Waals surface area contributed by atoms with Crippen LogP contribution in [-0.4, -0.2) is 9.79 Å². The SMILES string of the molecule is O=P(O)(O)OP(=O)(Oc1ccccc1)Oc1ccccc1.c1ccc2c(c1)CCC21CCc2ccccc21. The first-order chi connectivity index (χ1) is 18.3. The van der Waals surface area contributed by atoms with Crippen molar-refractivity contribution in [1.29, 1.82) is 0 Å². The molecular weight excluding hydrogens is 522 g/mol. The molecule has 4 aromatic rings. The summed E-state index contributed by atoms with van der Waals surface area (Å²) in [6, 6.07) is 33.7. The van der Waals surface area contributed by atoms with Crippen molar-refractivity contribution in [3.8, 4) is 11.5 Å². The smallest absolute Gasteiger partial charge is 0.395 e. The van der Waals surface area contributed by atoms with Gasteiger partial charge in [0.05, 0.1) is 0 Å². The van der Waals surface area contributed by atoms with Crippen molar-refractivity contribution in [3.63, 3.8) is 0 Å². The molecule has 4 aromatic carbocycles. The van der Waals surface area contributed by atoms with E-state index in [1.807, 2.05) is 0 Å². The van der Waals surface area contributed by atoms with Crippen LogP contribution in [0.4, 0.5) is 0 Å². The highest BCUT2D eigenvalue weighted by atomic mass is 31.3. The maximum absolute atomic E-state index is 12.4. The highest BCUT2D eigenvalue weighted by molar-refractivity contribution is 7.61. The second-order valence-corrected chi connectivity index (χ2v) is 12.1. The average Bonchev–Trinajstić information content (AvgIpc) is 3.46. The first kappa shape index (κ1) is 26.4. The van der Waals surface area contributed by atoms with Gasteiger partial charge in [0.25, 0.3) is 0 Å². The normalized spacial score (nSPS) is 15.2. The number of aryl methyl sites for hydroxylation is 2. The molecule has 0 unspecified atom stereocenters. The summed E-state index contributed by atoms with van der Waals surface area (Å²) in [4.78, 5) is 17.7. The fourth-order valence-electron chi connectivity index (χ4n) is 5.32. The van der Waals surface area contributed by atoms with Crippen LogP contribution in [0.3, 0.4) is 0 Å². The highest BCUT2D eigenvalue weighted by Gasteiger charge is 2.44. The molecule has 0 fully saturated rings. The Kier molecular flexibility index (Phi) is 7.58. The van der Waals surface area contributed by atoms with E-state index < -0.39 is 15.6 Å². The Bertz CT molecular complexity index is 1390. The average molecular weight is 550 g/mol. The summed E-state index contributed by atoms with van der Waals surface area (Å²) in [6.07, 6.45) is 5.13.